The minimum absolute atomic E-state index is 0.126. The first-order valence-electron chi connectivity index (χ1n) is 6.96. The fourth-order valence-electron chi connectivity index (χ4n) is 2.75. The van der Waals surface area contributed by atoms with E-state index in [1.165, 1.54) is 0 Å². The van der Waals surface area contributed by atoms with Crippen molar-refractivity contribution in [3.8, 4) is 0 Å². The molecule has 20 heavy (non-hydrogen) atoms. The van der Waals surface area contributed by atoms with Crippen LogP contribution in [0, 0.1) is 25.2 Å². The van der Waals surface area contributed by atoms with Gasteiger partial charge in [-0.3, -0.25) is 9.36 Å². The molecule has 0 spiro atoms. The normalized spacial score (nSPS) is 21.6. The van der Waals surface area contributed by atoms with Crippen LogP contribution in [0.1, 0.15) is 50.2 Å². The lowest BCUT2D eigenvalue weighted by atomic mass is 9.98. The summed E-state index contributed by atoms with van der Waals surface area (Å²) < 4.78 is 1.75. The fourth-order valence-corrected chi connectivity index (χ4v) is 2.75. The highest BCUT2D eigenvalue weighted by molar-refractivity contribution is 5.70. The molecule has 5 heteroatoms. The first kappa shape index (κ1) is 14.8. The molecule has 1 aliphatic carbocycles. The van der Waals surface area contributed by atoms with Crippen LogP contribution in [-0.4, -0.2) is 20.6 Å². The van der Waals surface area contributed by atoms with E-state index in [1.807, 2.05) is 6.92 Å². The van der Waals surface area contributed by atoms with E-state index < -0.39 is 11.9 Å². The Kier molecular flexibility index (Phi) is 3.48. The number of rotatable bonds is 4. The molecule has 1 fully saturated rings. The zero-order valence-corrected chi connectivity index (χ0v) is 12.7. The molecule has 1 aliphatic rings. The second kappa shape index (κ2) is 4.72. The maximum Gasteiger partial charge on any atom is 0.348 e. The lowest BCUT2D eigenvalue weighted by molar-refractivity contribution is -0.141. The van der Waals surface area contributed by atoms with Crippen molar-refractivity contribution in [2.24, 2.45) is 11.3 Å². The van der Waals surface area contributed by atoms with E-state index in [0.29, 0.717) is 12.1 Å². The summed E-state index contributed by atoms with van der Waals surface area (Å²) in [5, 5.41) is 9.06. The van der Waals surface area contributed by atoms with Crippen LogP contribution in [0.3, 0.4) is 0 Å². The maximum atomic E-state index is 12.1. The lowest BCUT2D eigenvalue weighted by Gasteiger charge is -2.18. The molecule has 2 atom stereocenters. The molecular formula is C15H22N2O3. The Balaban J connectivity index is 2.46. The fraction of sp³-hybridized carbons (Fsp3) is 0.667. The third kappa shape index (κ3) is 2.49. The minimum atomic E-state index is -0.826. The van der Waals surface area contributed by atoms with Crippen molar-refractivity contribution in [2.45, 2.75) is 53.5 Å². The predicted molar refractivity (Wildman–Crippen MR) is 75.9 cm³/mol. The van der Waals surface area contributed by atoms with Gasteiger partial charge in [-0.2, -0.15) is 4.98 Å². The summed E-state index contributed by atoms with van der Waals surface area (Å²) in [6, 6.07) is 0.182. The second-order valence-electron chi connectivity index (χ2n) is 6.57. The quantitative estimate of drug-likeness (QED) is 0.915. The standard InChI is InChI=1S/C15H22N2O3/c1-8(13(18)19)6-11-9(2)16-14(20)17(10(11)3)12-7-15(12,4)5/h8,12H,6-7H2,1-5H3,(H,18,19). The predicted octanol–water partition coefficient (Wildman–Crippen LogP) is 2.09. The zero-order chi connectivity index (χ0) is 15.2. The third-order valence-electron chi connectivity index (χ3n) is 4.41. The molecular weight excluding hydrogens is 256 g/mol. The van der Waals surface area contributed by atoms with Crippen molar-refractivity contribution < 1.29 is 9.90 Å². The minimum Gasteiger partial charge on any atom is -0.481 e. The van der Waals surface area contributed by atoms with E-state index in [-0.39, 0.29) is 17.1 Å². The van der Waals surface area contributed by atoms with Crippen molar-refractivity contribution in [2.75, 3.05) is 0 Å². The Morgan fingerprint density at radius 1 is 1.50 bits per heavy atom. The number of aliphatic carboxylic acids is 1. The summed E-state index contributed by atoms with van der Waals surface area (Å²) in [7, 11) is 0. The van der Waals surface area contributed by atoms with E-state index >= 15 is 0 Å². The highest BCUT2D eigenvalue weighted by Crippen LogP contribution is 2.55. The van der Waals surface area contributed by atoms with Gasteiger partial charge in [0.15, 0.2) is 0 Å². The largest absolute Gasteiger partial charge is 0.481 e. The van der Waals surface area contributed by atoms with Gasteiger partial charge in [0.2, 0.25) is 0 Å². The third-order valence-corrected chi connectivity index (χ3v) is 4.41. The van der Waals surface area contributed by atoms with Crippen LogP contribution in [-0.2, 0) is 11.2 Å². The molecule has 1 aromatic heterocycles. The number of carbonyl (C=O) groups is 1. The molecule has 0 aromatic carbocycles. The molecule has 0 amide bonds. The van der Waals surface area contributed by atoms with Crippen molar-refractivity contribution in [1.29, 1.82) is 0 Å². The van der Waals surface area contributed by atoms with Crippen LogP contribution in [0.2, 0.25) is 0 Å². The summed E-state index contributed by atoms with van der Waals surface area (Å²) in [6.07, 6.45) is 1.37. The van der Waals surface area contributed by atoms with Crippen LogP contribution in [0.25, 0.3) is 0 Å². The Bertz CT molecular complexity index is 616. The Hall–Kier alpha value is -1.65. The van der Waals surface area contributed by atoms with Gasteiger partial charge in [-0.1, -0.05) is 20.8 Å². The Labute approximate surface area is 118 Å². The van der Waals surface area contributed by atoms with Crippen LogP contribution >= 0.6 is 0 Å². The van der Waals surface area contributed by atoms with E-state index in [0.717, 1.165) is 17.7 Å². The summed E-state index contributed by atoms with van der Waals surface area (Å²) in [4.78, 5) is 27.3. The lowest BCUT2D eigenvalue weighted by Crippen LogP contribution is -2.29. The van der Waals surface area contributed by atoms with Crippen LogP contribution in [0.4, 0.5) is 0 Å². The zero-order valence-electron chi connectivity index (χ0n) is 12.7. The van der Waals surface area contributed by atoms with Crippen LogP contribution in [0.5, 0.6) is 0 Å². The number of nitrogens with zero attached hydrogens (tertiary/aromatic N) is 2. The first-order valence-corrected chi connectivity index (χ1v) is 6.96. The van der Waals surface area contributed by atoms with Gasteiger partial charge in [0, 0.05) is 17.4 Å². The molecule has 0 bridgehead atoms. The van der Waals surface area contributed by atoms with E-state index in [4.69, 9.17) is 5.11 Å². The van der Waals surface area contributed by atoms with Crippen LogP contribution < -0.4 is 5.69 Å². The molecule has 2 rings (SSSR count). The highest BCUT2D eigenvalue weighted by atomic mass is 16.4. The molecule has 1 aromatic rings. The summed E-state index contributed by atoms with van der Waals surface area (Å²) >= 11 is 0. The van der Waals surface area contributed by atoms with E-state index in [2.05, 4.69) is 18.8 Å². The molecule has 1 N–H and O–H groups in total. The number of carboxylic acids is 1. The SMILES string of the molecule is Cc1nc(=O)n(C2CC2(C)C)c(C)c1CC(C)C(=O)O. The Morgan fingerprint density at radius 3 is 2.50 bits per heavy atom. The van der Waals surface area contributed by atoms with Crippen molar-refractivity contribution >= 4 is 5.97 Å². The topological polar surface area (TPSA) is 72.2 Å². The highest BCUT2D eigenvalue weighted by Gasteiger charge is 2.48. The van der Waals surface area contributed by atoms with Gasteiger partial charge in [-0.15, -0.1) is 0 Å². The summed E-state index contributed by atoms with van der Waals surface area (Å²) in [5.41, 5.74) is 2.31. The van der Waals surface area contributed by atoms with Gasteiger partial charge in [0.05, 0.1) is 5.92 Å². The average Bonchev–Trinajstić information content (AvgIpc) is 2.92. The number of hydrogen-bond acceptors (Lipinski definition) is 3. The molecule has 0 saturated heterocycles. The van der Waals surface area contributed by atoms with Gasteiger partial charge in [0.1, 0.15) is 0 Å². The molecule has 5 nitrogen and oxygen atoms in total. The first-order chi connectivity index (χ1) is 9.15. The molecule has 0 radical (unpaired) electrons. The Morgan fingerprint density at radius 2 is 2.05 bits per heavy atom. The molecule has 1 saturated carbocycles. The van der Waals surface area contributed by atoms with Crippen molar-refractivity contribution in [3.63, 3.8) is 0 Å². The van der Waals surface area contributed by atoms with Crippen molar-refractivity contribution in [3.05, 3.63) is 27.4 Å². The average molecular weight is 278 g/mol. The number of carboxylic acid groups (broad SMARTS) is 1. The molecule has 1 heterocycles. The van der Waals surface area contributed by atoms with E-state index in [1.54, 1.807) is 18.4 Å². The molecule has 110 valence electrons. The number of aryl methyl sites for hydroxylation is 1. The number of hydrogen-bond donors (Lipinski definition) is 1. The van der Waals surface area contributed by atoms with Gasteiger partial charge in [-0.25, -0.2) is 4.79 Å². The maximum absolute atomic E-state index is 12.1. The van der Waals surface area contributed by atoms with Gasteiger partial charge < -0.3 is 5.11 Å². The summed E-state index contributed by atoms with van der Waals surface area (Å²) in [6.45, 7) is 9.61. The number of aromatic nitrogens is 2. The van der Waals surface area contributed by atoms with Gasteiger partial charge in [0.25, 0.3) is 0 Å². The van der Waals surface area contributed by atoms with E-state index in [9.17, 15) is 9.59 Å². The smallest absolute Gasteiger partial charge is 0.348 e. The van der Waals surface area contributed by atoms with Gasteiger partial charge >= 0.3 is 11.7 Å². The summed E-state index contributed by atoms with van der Waals surface area (Å²) in [5.74, 6) is -1.30. The molecule has 0 aliphatic heterocycles. The van der Waals surface area contributed by atoms with Gasteiger partial charge in [-0.05, 0) is 37.7 Å². The molecule has 2 unspecified atom stereocenters. The van der Waals surface area contributed by atoms with Crippen LogP contribution in [0.15, 0.2) is 4.79 Å². The van der Waals surface area contributed by atoms with Crippen molar-refractivity contribution in [1.82, 2.24) is 9.55 Å². The monoisotopic (exact) mass is 278 g/mol. The second-order valence-corrected chi connectivity index (χ2v) is 6.57.